The zero-order valence-corrected chi connectivity index (χ0v) is 18.1. The highest BCUT2D eigenvalue weighted by Crippen LogP contribution is 2.37. The number of rotatable bonds is 4. The third kappa shape index (κ3) is 3.67. The van der Waals surface area contributed by atoms with Crippen molar-refractivity contribution in [2.75, 3.05) is 38.2 Å². The first-order valence-corrected chi connectivity index (χ1v) is 10.3. The lowest BCUT2D eigenvalue weighted by Crippen LogP contribution is -2.48. The number of carbonyl (C=O) groups is 1. The zero-order valence-electron chi connectivity index (χ0n) is 18.1. The number of anilines is 1. The van der Waals surface area contributed by atoms with Gasteiger partial charge in [0.15, 0.2) is 0 Å². The van der Waals surface area contributed by atoms with Crippen molar-refractivity contribution in [1.29, 1.82) is 0 Å². The van der Waals surface area contributed by atoms with Crippen molar-refractivity contribution in [2.24, 2.45) is 0 Å². The summed E-state index contributed by atoms with van der Waals surface area (Å²) in [5.41, 5.74) is 5.91. The molecule has 0 N–H and O–H groups in total. The number of carbonyl (C=O) groups excluding carboxylic acids is 1. The van der Waals surface area contributed by atoms with Gasteiger partial charge in [-0.25, -0.2) is 0 Å². The van der Waals surface area contributed by atoms with Gasteiger partial charge < -0.3 is 19.0 Å². The van der Waals surface area contributed by atoms with Crippen molar-refractivity contribution in [3.05, 3.63) is 65.4 Å². The van der Waals surface area contributed by atoms with Crippen molar-refractivity contribution < 1.29 is 13.9 Å². The summed E-state index contributed by atoms with van der Waals surface area (Å²) in [4.78, 5) is 17.2. The highest BCUT2D eigenvalue weighted by molar-refractivity contribution is 5.98. The third-order valence-corrected chi connectivity index (χ3v) is 5.92. The molecular weight excluding hydrogens is 376 g/mol. The maximum Gasteiger partial charge on any atom is 0.246 e. The molecule has 2 heterocycles. The molecule has 0 aliphatic carbocycles. The Hall–Kier alpha value is -3.21. The van der Waals surface area contributed by atoms with Crippen LogP contribution in [0, 0.1) is 13.8 Å². The Balaban J connectivity index is 1.54. The number of methoxy groups -OCH3 is 1. The van der Waals surface area contributed by atoms with E-state index in [2.05, 4.69) is 23.1 Å². The first kappa shape index (κ1) is 20.1. The quantitative estimate of drug-likeness (QED) is 0.586. The van der Waals surface area contributed by atoms with Crippen molar-refractivity contribution >= 4 is 28.1 Å². The van der Waals surface area contributed by atoms with Crippen LogP contribution in [0.1, 0.15) is 23.6 Å². The molecule has 0 unspecified atom stereocenters. The molecule has 0 radical (unpaired) electrons. The number of para-hydroxylation sites is 1. The second kappa shape index (κ2) is 8.27. The molecule has 5 nitrogen and oxygen atoms in total. The van der Waals surface area contributed by atoms with Gasteiger partial charge in [-0.2, -0.15) is 0 Å². The van der Waals surface area contributed by atoms with E-state index in [4.69, 9.17) is 9.15 Å². The Morgan fingerprint density at radius 3 is 2.47 bits per heavy atom. The fourth-order valence-electron chi connectivity index (χ4n) is 4.17. The standard InChI is InChI=1S/C25H28N2O3/c1-17(21-15-22-18(2)16-30-25(22)19(3)24(21)29-4)14-23(28)27-12-10-26(11-13-27)20-8-6-5-7-9-20/h5-9,14-16H,10-13H2,1-4H3/b17-14+. The van der Waals surface area contributed by atoms with E-state index in [1.807, 2.05) is 43.9 Å². The number of ether oxygens (including phenoxy) is 1. The van der Waals surface area contributed by atoms with Crippen LogP contribution in [0.15, 0.2) is 53.2 Å². The van der Waals surface area contributed by atoms with E-state index in [-0.39, 0.29) is 5.91 Å². The first-order valence-electron chi connectivity index (χ1n) is 10.3. The lowest BCUT2D eigenvalue weighted by atomic mass is 9.98. The summed E-state index contributed by atoms with van der Waals surface area (Å²) in [5.74, 6) is 0.802. The second-order valence-electron chi connectivity index (χ2n) is 7.85. The van der Waals surface area contributed by atoms with E-state index >= 15 is 0 Å². The van der Waals surface area contributed by atoms with Gasteiger partial charge in [0.2, 0.25) is 5.91 Å². The van der Waals surface area contributed by atoms with Crippen molar-refractivity contribution in [2.45, 2.75) is 20.8 Å². The van der Waals surface area contributed by atoms with Crippen molar-refractivity contribution in [3.63, 3.8) is 0 Å². The number of aryl methyl sites for hydroxylation is 2. The van der Waals surface area contributed by atoms with Gasteiger partial charge in [-0.05, 0) is 50.1 Å². The van der Waals surface area contributed by atoms with Crippen molar-refractivity contribution in [1.82, 2.24) is 4.90 Å². The van der Waals surface area contributed by atoms with Crippen LogP contribution >= 0.6 is 0 Å². The minimum Gasteiger partial charge on any atom is -0.496 e. The molecule has 1 saturated heterocycles. The molecule has 1 fully saturated rings. The van der Waals surface area contributed by atoms with Crippen LogP contribution in [0.25, 0.3) is 16.5 Å². The lowest BCUT2D eigenvalue weighted by Gasteiger charge is -2.35. The number of hydrogen-bond donors (Lipinski definition) is 0. The molecule has 1 aliphatic heterocycles. The van der Waals surface area contributed by atoms with Gasteiger partial charge in [0, 0.05) is 54.5 Å². The van der Waals surface area contributed by atoms with Gasteiger partial charge in [0.1, 0.15) is 11.3 Å². The molecule has 1 amide bonds. The molecule has 5 heteroatoms. The van der Waals surface area contributed by atoms with Crippen LogP contribution in [0.5, 0.6) is 5.75 Å². The minimum atomic E-state index is 0.0453. The summed E-state index contributed by atoms with van der Waals surface area (Å²) in [6, 6.07) is 12.4. The number of furan rings is 1. The predicted molar refractivity (Wildman–Crippen MR) is 121 cm³/mol. The molecule has 3 aromatic rings. The average molecular weight is 405 g/mol. The Bertz CT molecular complexity index is 1090. The first-order chi connectivity index (χ1) is 14.5. The maximum atomic E-state index is 13.0. The topological polar surface area (TPSA) is 45.9 Å². The summed E-state index contributed by atoms with van der Waals surface area (Å²) in [5, 5.41) is 1.06. The number of allylic oxidation sites excluding steroid dienone is 1. The fourth-order valence-corrected chi connectivity index (χ4v) is 4.17. The van der Waals surface area contributed by atoms with Gasteiger partial charge in [-0.3, -0.25) is 4.79 Å². The third-order valence-electron chi connectivity index (χ3n) is 5.92. The van der Waals surface area contributed by atoms with E-state index in [1.54, 1.807) is 19.4 Å². The molecular formula is C25H28N2O3. The smallest absolute Gasteiger partial charge is 0.246 e. The number of piperazine rings is 1. The summed E-state index contributed by atoms with van der Waals surface area (Å²) in [6.07, 6.45) is 3.49. The Morgan fingerprint density at radius 1 is 1.10 bits per heavy atom. The average Bonchev–Trinajstić information content (AvgIpc) is 3.15. The zero-order chi connectivity index (χ0) is 21.3. The molecule has 0 bridgehead atoms. The number of hydrogen-bond acceptors (Lipinski definition) is 4. The number of benzene rings is 2. The van der Waals surface area contributed by atoms with Gasteiger partial charge in [-0.1, -0.05) is 18.2 Å². The van der Waals surface area contributed by atoms with E-state index in [0.29, 0.717) is 13.1 Å². The molecule has 0 atom stereocenters. The number of amides is 1. The van der Waals surface area contributed by atoms with Crippen LogP contribution in [0.3, 0.4) is 0 Å². The number of fused-ring (bicyclic) bond motifs is 1. The maximum absolute atomic E-state index is 13.0. The van der Waals surface area contributed by atoms with Gasteiger partial charge in [0.25, 0.3) is 0 Å². The fraction of sp³-hybridized carbons (Fsp3) is 0.320. The summed E-state index contributed by atoms with van der Waals surface area (Å²) in [7, 11) is 1.66. The number of nitrogens with zero attached hydrogens (tertiary/aromatic N) is 2. The predicted octanol–water partition coefficient (Wildman–Crippen LogP) is 4.81. The summed E-state index contributed by atoms with van der Waals surface area (Å²) in [6.45, 7) is 9.09. The van der Waals surface area contributed by atoms with Crippen LogP contribution in [-0.4, -0.2) is 44.1 Å². The van der Waals surface area contributed by atoms with E-state index in [9.17, 15) is 4.79 Å². The van der Waals surface area contributed by atoms with Crippen LogP contribution in [0.4, 0.5) is 5.69 Å². The molecule has 156 valence electrons. The van der Waals surface area contributed by atoms with Crippen LogP contribution in [0.2, 0.25) is 0 Å². The summed E-state index contributed by atoms with van der Waals surface area (Å²) >= 11 is 0. The second-order valence-corrected chi connectivity index (χ2v) is 7.85. The van der Waals surface area contributed by atoms with E-state index in [1.165, 1.54) is 5.69 Å². The molecule has 30 heavy (non-hydrogen) atoms. The van der Waals surface area contributed by atoms with Crippen LogP contribution < -0.4 is 9.64 Å². The molecule has 4 rings (SSSR count). The van der Waals surface area contributed by atoms with Crippen LogP contribution in [-0.2, 0) is 4.79 Å². The lowest BCUT2D eigenvalue weighted by molar-refractivity contribution is -0.126. The SMILES string of the molecule is COc1c(/C(C)=C/C(=O)N2CCN(c3ccccc3)CC2)cc2c(C)coc2c1C. The highest BCUT2D eigenvalue weighted by Gasteiger charge is 2.21. The van der Waals surface area contributed by atoms with Gasteiger partial charge >= 0.3 is 0 Å². The van der Waals surface area contributed by atoms with E-state index < -0.39 is 0 Å². The van der Waals surface area contributed by atoms with Gasteiger partial charge in [-0.15, -0.1) is 0 Å². The monoisotopic (exact) mass is 404 g/mol. The van der Waals surface area contributed by atoms with E-state index in [0.717, 1.165) is 52.1 Å². The van der Waals surface area contributed by atoms with Crippen molar-refractivity contribution in [3.8, 4) is 5.75 Å². The molecule has 1 aliphatic rings. The molecule has 0 spiro atoms. The summed E-state index contributed by atoms with van der Waals surface area (Å²) < 4.78 is 11.4. The van der Waals surface area contributed by atoms with Gasteiger partial charge in [0.05, 0.1) is 13.4 Å². The highest BCUT2D eigenvalue weighted by atomic mass is 16.5. The molecule has 2 aromatic carbocycles. The largest absolute Gasteiger partial charge is 0.496 e. The Kier molecular flexibility index (Phi) is 5.53. The Morgan fingerprint density at radius 2 is 1.80 bits per heavy atom. The minimum absolute atomic E-state index is 0.0453. The molecule has 0 saturated carbocycles. The molecule has 1 aromatic heterocycles. The Labute approximate surface area is 177 Å². The normalized spacial score (nSPS) is 15.0.